The van der Waals surface area contributed by atoms with Crippen molar-refractivity contribution in [2.75, 3.05) is 0 Å². The van der Waals surface area contributed by atoms with Crippen LogP contribution in [0.4, 0.5) is 0 Å². The minimum absolute atomic E-state index is 0.00747. The summed E-state index contributed by atoms with van der Waals surface area (Å²) in [7, 11) is 0. The molecule has 3 heterocycles. The Hall–Kier alpha value is -4.32. The molecule has 2 aromatic heterocycles. The average Bonchev–Trinajstić information content (AvgIpc) is 3.17. The number of aryl methyl sites for hydroxylation is 1. The molecule has 0 saturated heterocycles. The maximum absolute atomic E-state index is 13.3. The first-order chi connectivity index (χ1) is 16.5. The van der Waals surface area contributed by atoms with E-state index < -0.39 is 0 Å². The fourth-order valence-electron chi connectivity index (χ4n) is 4.67. The van der Waals surface area contributed by atoms with Gasteiger partial charge in [-0.2, -0.15) is 5.10 Å². The van der Waals surface area contributed by atoms with Crippen LogP contribution in [0.3, 0.4) is 0 Å². The first kappa shape index (κ1) is 20.3. The van der Waals surface area contributed by atoms with E-state index in [0.29, 0.717) is 18.7 Å². The molecule has 0 N–H and O–H groups in total. The van der Waals surface area contributed by atoms with E-state index >= 15 is 0 Å². The summed E-state index contributed by atoms with van der Waals surface area (Å²) < 4.78 is 3.59. The van der Waals surface area contributed by atoms with Crippen LogP contribution in [0.5, 0.6) is 0 Å². The van der Waals surface area contributed by atoms with Crippen molar-refractivity contribution in [3.63, 3.8) is 0 Å². The van der Waals surface area contributed by atoms with E-state index in [0.717, 1.165) is 44.8 Å². The number of nitrogens with zero attached hydrogens (tertiary/aromatic N) is 4. The Bertz CT molecular complexity index is 1640. The van der Waals surface area contributed by atoms with E-state index in [4.69, 9.17) is 10.1 Å². The molecule has 5 aromatic rings. The third-order valence-corrected chi connectivity index (χ3v) is 6.36. The van der Waals surface area contributed by atoms with Gasteiger partial charge in [0, 0.05) is 23.7 Å². The van der Waals surface area contributed by atoms with Gasteiger partial charge < -0.3 is 4.57 Å². The molecule has 0 unspecified atom stereocenters. The van der Waals surface area contributed by atoms with Crippen molar-refractivity contribution >= 4 is 16.8 Å². The molecule has 6 heteroatoms. The summed E-state index contributed by atoms with van der Waals surface area (Å²) in [6.45, 7) is 2.79. The zero-order valence-corrected chi connectivity index (χ0v) is 18.7. The number of carbonyl (C=O) groups excluding carboxylic acids is 1. The molecule has 166 valence electrons. The number of carbonyl (C=O) groups is 1. The number of imidazole rings is 1. The average molecular weight is 447 g/mol. The van der Waals surface area contributed by atoms with E-state index in [-0.39, 0.29) is 17.8 Å². The van der Waals surface area contributed by atoms with E-state index in [1.54, 1.807) is 6.07 Å². The third-order valence-electron chi connectivity index (χ3n) is 6.36. The van der Waals surface area contributed by atoms with Gasteiger partial charge in [-0.1, -0.05) is 48.5 Å². The van der Waals surface area contributed by atoms with Crippen LogP contribution in [-0.2, 0) is 19.5 Å². The van der Waals surface area contributed by atoms with E-state index in [1.165, 1.54) is 4.68 Å². The molecule has 0 amide bonds. The summed E-state index contributed by atoms with van der Waals surface area (Å²) in [5.74, 6) is 0.731. The highest BCUT2D eigenvalue weighted by atomic mass is 16.1. The molecular formula is C28H22N4O2. The second-order valence-electron chi connectivity index (χ2n) is 8.78. The first-order valence-corrected chi connectivity index (χ1v) is 11.3. The largest absolute Gasteiger partial charge is 0.323 e. The van der Waals surface area contributed by atoms with Crippen LogP contribution in [0, 0.1) is 6.92 Å². The van der Waals surface area contributed by atoms with Crippen molar-refractivity contribution in [3.8, 4) is 11.3 Å². The van der Waals surface area contributed by atoms with Crippen molar-refractivity contribution in [2.45, 2.75) is 26.4 Å². The van der Waals surface area contributed by atoms with Gasteiger partial charge in [0.1, 0.15) is 5.82 Å². The molecule has 6 bridgehead atoms. The number of Topliss-reactive ketones (excluding diaryl/α,β-unsaturated/α-hetero) is 1. The van der Waals surface area contributed by atoms with Crippen molar-refractivity contribution < 1.29 is 4.79 Å². The molecule has 0 spiro atoms. The molecule has 0 fully saturated rings. The summed E-state index contributed by atoms with van der Waals surface area (Å²) in [4.78, 5) is 30.8. The van der Waals surface area contributed by atoms with Crippen LogP contribution in [0.15, 0.2) is 83.7 Å². The predicted octanol–water partition coefficient (Wildman–Crippen LogP) is 4.40. The van der Waals surface area contributed by atoms with Gasteiger partial charge in [-0.15, -0.1) is 0 Å². The Labute approximate surface area is 196 Å². The van der Waals surface area contributed by atoms with Crippen LogP contribution in [0.2, 0.25) is 0 Å². The summed E-state index contributed by atoms with van der Waals surface area (Å²) in [6.07, 6.45) is 0.197. The topological polar surface area (TPSA) is 69.8 Å². The minimum Gasteiger partial charge on any atom is -0.323 e. The molecule has 1 aliphatic heterocycles. The third kappa shape index (κ3) is 3.53. The fraction of sp³-hybridized carbons (Fsp3) is 0.143. The highest BCUT2D eigenvalue weighted by Crippen LogP contribution is 2.24. The Morgan fingerprint density at radius 3 is 2.38 bits per heavy atom. The second kappa shape index (κ2) is 7.92. The van der Waals surface area contributed by atoms with Crippen molar-refractivity contribution in [3.05, 3.63) is 117 Å². The van der Waals surface area contributed by atoms with Crippen LogP contribution in [0.1, 0.15) is 32.9 Å². The second-order valence-corrected chi connectivity index (χ2v) is 8.78. The van der Waals surface area contributed by atoms with E-state index in [2.05, 4.69) is 16.7 Å². The number of fused-ring (bicyclic) bond motifs is 10. The quantitative estimate of drug-likeness (QED) is 0.353. The van der Waals surface area contributed by atoms with Gasteiger partial charge in [0.2, 0.25) is 0 Å². The molecule has 6 nitrogen and oxygen atoms in total. The molecule has 0 aliphatic carbocycles. The van der Waals surface area contributed by atoms with Gasteiger partial charge in [-0.3, -0.25) is 9.59 Å². The molecule has 0 atom stereocenters. The summed E-state index contributed by atoms with van der Waals surface area (Å²) >= 11 is 0. The van der Waals surface area contributed by atoms with E-state index in [9.17, 15) is 9.59 Å². The monoisotopic (exact) mass is 446 g/mol. The van der Waals surface area contributed by atoms with Crippen molar-refractivity contribution in [1.82, 2.24) is 19.3 Å². The number of ketones is 1. The lowest BCUT2D eigenvalue weighted by molar-refractivity contribution is 0.0990. The lowest BCUT2D eigenvalue weighted by Gasteiger charge is -2.12. The van der Waals surface area contributed by atoms with Gasteiger partial charge >= 0.3 is 0 Å². The number of benzene rings is 3. The molecule has 0 saturated carbocycles. The molecule has 1 aliphatic rings. The van der Waals surface area contributed by atoms with Crippen LogP contribution >= 0.6 is 0 Å². The van der Waals surface area contributed by atoms with E-state index in [1.807, 2.05) is 67.6 Å². The first-order valence-electron chi connectivity index (χ1n) is 11.3. The van der Waals surface area contributed by atoms with Gasteiger partial charge in [-0.25, -0.2) is 9.67 Å². The molecule has 6 rings (SSSR count). The summed E-state index contributed by atoms with van der Waals surface area (Å²) in [5, 5.41) is 4.71. The van der Waals surface area contributed by atoms with Crippen LogP contribution in [-0.4, -0.2) is 25.1 Å². The molecular weight excluding hydrogens is 424 g/mol. The Kier molecular flexibility index (Phi) is 4.73. The Morgan fingerprint density at radius 1 is 0.794 bits per heavy atom. The minimum atomic E-state index is -0.162. The standard InChI is InChI=1S/C28H22N4O2/c1-18-12-27(34)32-17-20-7-4-8-21(13-20)25(33)15-26-29-23-10-2-3-11-24(23)31(26)16-19-6-5-9-22(14-19)28(18)30-32/h2-14H,15-17H2,1H3. The van der Waals surface area contributed by atoms with Gasteiger partial charge in [0.15, 0.2) is 5.78 Å². The van der Waals surface area contributed by atoms with Crippen molar-refractivity contribution in [1.29, 1.82) is 0 Å². The highest BCUT2D eigenvalue weighted by molar-refractivity contribution is 5.97. The van der Waals surface area contributed by atoms with Crippen LogP contribution in [0.25, 0.3) is 22.3 Å². The maximum atomic E-state index is 13.3. The maximum Gasteiger partial charge on any atom is 0.267 e. The molecule has 34 heavy (non-hydrogen) atoms. The Morgan fingerprint density at radius 2 is 1.53 bits per heavy atom. The Balaban J connectivity index is 1.60. The predicted molar refractivity (Wildman–Crippen MR) is 131 cm³/mol. The normalized spacial score (nSPS) is 13.3. The smallest absolute Gasteiger partial charge is 0.267 e. The SMILES string of the molecule is Cc1cc(=O)n2nc1-c1cccc(c1)Cn1c(nc3ccccc31)CC(=O)c1cccc(c1)C2. The van der Waals surface area contributed by atoms with Gasteiger partial charge in [-0.05, 0) is 47.9 Å². The van der Waals surface area contributed by atoms with Gasteiger partial charge in [0.05, 0.1) is 29.7 Å². The van der Waals surface area contributed by atoms with Crippen molar-refractivity contribution in [2.24, 2.45) is 0 Å². The fourth-order valence-corrected chi connectivity index (χ4v) is 4.67. The molecule has 0 radical (unpaired) electrons. The zero-order chi connectivity index (χ0) is 23.2. The summed E-state index contributed by atoms with van der Waals surface area (Å²) in [6, 6.07) is 25.2. The number of para-hydroxylation sites is 2. The number of rotatable bonds is 0. The molecule has 3 aromatic carbocycles. The number of hydrogen-bond acceptors (Lipinski definition) is 4. The number of aromatic nitrogens is 4. The zero-order valence-electron chi connectivity index (χ0n) is 18.7. The highest BCUT2D eigenvalue weighted by Gasteiger charge is 2.18. The van der Waals surface area contributed by atoms with Crippen LogP contribution < -0.4 is 5.56 Å². The van der Waals surface area contributed by atoms with Gasteiger partial charge in [0.25, 0.3) is 5.56 Å². The lowest BCUT2D eigenvalue weighted by atomic mass is 10.0. The number of hydrogen-bond donors (Lipinski definition) is 0. The summed E-state index contributed by atoms with van der Waals surface area (Å²) in [5.41, 5.74) is 6.81. The lowest BCUT2D eigenvalue weighted by Crippen LogP contribution is -2.24.